The summed E-state index contributed by atoms with van der Waals surface area (Å²) in [6, 6.07) is 7.22. The largest absolute Gasteiger partial charge is 0.493 e. The lowest BCUT2D eigenvalue weighted by molar-refractivity contribution is -0.317. The first-order chi connectivity index (χ1) is 21.3. The van der Waals surface area contributed by atoms with Gasteiger partial charge in [-0.2, -0.15) is 0 Å². The van der Waals surface area contributed by atoms with E-state index in [2.05, 4.69) is 6.92 Å². The molecule has 2 aromatic carbocycles. The van der Waals surface area contributed by atoms with E-state index in [1.165, 1.54) is 14.2 Å². The van der Waals surface area contributed by atoms with Gasteiger partial charge in [0.2, 0.25) is 12.5 Å². The molecule has 6 rings (SSSR count). The van der Waals surface area contributed by atoms with Crippen LogP contribution in [0.4, 0.5) is 0 Å². The lowest BCUT2D eigenvalue weighted by Crippen LogP contribution is -2.59. The molecular formula is C31H38O13. The SMILES string of the molecule is CCCCOc1c(OC)cc([C@@H]2c3cc4c(cc3[C@H](O[C@@H]3O[C@H](CO)[C@@H](O)[C@H](O)[C@H]3O)[C@H]3COC(=O)[C@H]23)OCO4)cc1OC. The number of cyclic esters (lactones) is 1. The van der Waals surface area contributed by atoms with Crippen LogP contribution in [0.2, 0.25) is 0 Å². The molecule has 0 saturated carbocycles. The molecule has 0 unspecified atom stereocenters. The van der Waals surface area contributed by atoms with Crippen LogP contribution >= 0.6 is 0 Å². The number of methoxy groups -OCH3 is 2. The quantitative estimate of drug-likeness (QED) is 0.223. The Labute approximate surface area is 254 Å². The van der Waals surface area contributed by atoms with Gasteiger partial charge in [-0.25, -0.2) is 0 Å². The molecule has 13 heteroatoms. The van der Waals surface area contributed by atoms with Crippen LogP contribution in [0.3, 0.4) is 0 Å². The van der Waals surface area contributed by atoms with Gasteiger partial charge in [-0.1, -0.05) is 13.3 Å². The highest BCUT2D eigenvalue weighted by molar-refractivity contribution is 5.79. The molecule has 240 valence electrons. The maximum Gasteiger partial charge on any atom is 0.310 e. The Morgan fingerprint density at radius 2 is 1.59 bits per heavy atom. The number of esters is 1. The van der Waals surface area contributed by atoms with Gasteiger partial charge in [0.25, 0.3) is 0 Å². The maximum atomic E-state index is 13.5. The molecule has 3 aliphatic heterocycles. The predicted molar refractivity (Wildman–Crippen MR) is 150 cm³/mol. The van der Waals surface area contributed by atoms with E-state index in [0.29, 0.717) is 52.0 Å². The normalized spacial score (nSPS) is 32.1. The van der Waals surface area contributed by atoms with Crippen LogP contribution in [0.1, 0.15) is 48.5 Å². The van der Waals surface area contributed by atoms with Gasteiger partial charge in [0, 0.05) is 11.8 Å². The van der Waals surface area contributed by atoms with Gasteiger partial charge in [-0.15, -0.1) is 0 Å². The molecule has 2 aromatic rings. The van der Waals surface area contributed by atoms with E-state index in [1.807, 2.05) is 12.1 Å². The van der Waals surface area contributed by atoms with E-state index < -0.39 is 67.1 Å². The average molecular weight is 619 g/mol. The first-order valence-electron chi connectivity index (χ1n) is 14.8. The summed E-state index contributed by atoms with van der Waals surface area (Å²) < 4.78 is 46.5. The van der Waals surface area contributed by atoms with Crippen molar-refractivity contribution < 1.29 is 63.1 Å². The second-order valence-electron chi connectivity index (χ2n) is 11.3. The molecule has 13 nitrogen and oxygen atoms in total. The van der Waals surface area contributed by atoms with Crippen LogP contribution in [-0.4, -0.2) is 97.9 Å². The Bertz CT molecular complexity index is 1340. The molecule has 0 radical (unpaired) electrons. The lowest BCUT2D eigenvalue weighted by atomic mass is 9.66. The Hall–Kier alpha value is -3.33. The van der Waals surface area contributed by atoms with Gasteiger partial charge in [0.1, 0.15) is 24.4 Å². The van der Waals surface area contributed by atoms with Gasteiger partial charge in [-0.3, -0.25) is 4.79 Å². The third-order valence-electron chi connectivity index (χ3n) is 8.83. The van der Waals surface area contributed by atoms with E-state index in [1.54, 1.807) is 12.1 Å². The van der Waals surface area contributed by atoms with E-state index >= 15 is 0 Å². The summed E-state index contributed by atoms with van der Waals surface area (Å²) in [5.41, 5.74) is 2.03. The third kappa shape index (κ3) is 5.21. The molecule has 0 spiro atoms. The summed E-state index contributed by atoms with van der Waals surface area (Å²) in [7, 11) is 3.07. The van der Waals surface area contributed by atoms with Crippen molar-refractivity contribution in [2.45, 2.75) is 62.5 Å². The van der Waals surface area contributed by atoms with Gasteiger partial charge in [0.15, 0.2) is 29.3 Å². The zero-order valence-electron chi connectivity index (χ0n) is 24.7. The van der Waals surface area contributed by atoms with E-state index in [-0.39, 0.29) is 13.4 Å². The van der Waals surface area contributed by atoms with Crippen molar-refractivity contribution in [3.05, 3.63) is 41.0 Å². The van der Waals surface area contributed by atoms with Gasteiger partial charge in [0.05, 0.1) is 46.1 Å². The summed E-state index contributed by atoms with van der Waals surface area (Å²) in [4.78, 5) is 13.5. The molecule has 9 atom stereocenters. The molecule has 2 saturated heterocycles. The molecule has 0 amide bonds. The Morgan fingerprint density at radius 3 is 2.23 bits per heavy atom. The molecule has 0 aromatic heterocycles. The fraction of sp³-hybridized carbons (Fsp3) is 0.581. The zero-order chi connectivity index (χ0) is 31.1. The van der Waals surface area contributed by atoms with Crippen LogP contribution in [0.15, 0.2) is 24.3 Å². The molecule has 1 aliphatic carbocycles. The summed E-state index contributed by atoms with van der Waals surface area (Å²) in [6.07, 6.45) is -6.47. The molecular weight excluding hydrogens is 580 g/mol. The second kappa shape index (κ2) is 12.6. The van der Waals surface area contributed by atoms with Crippen molar-refractivity contribution >= 4 is 5.97 Å². The average Bonchev–Trinajstić information content (AvgIpc) is 3.66. The summed E-state index contributed by atoms with van der Waals surface area (Å²) in [6.45, 7) is 1.97. The van der Waals surface area contributed by atoms with Crippen LogP contribution in [0.25, 0.3) is 0 Å². The van der Waals surface area contributed by atoms with E-state index in [9.17, 15) is 25.2 Å². The first-order valence-corrected chi connectivity index (χ1v) is 14.8. The van der Waals surface area contributed by atoms with Crippen molar-refractivity contribution in [2.24, 2.45) is 11.8 Å². The highest BCUT2D eigenvalue weighted by atomic mass is 16.7. The molecule has 2 fully saturated rings. The number of aliphatic hydroxyl groups excluding tert-OH is 4. The van der Waals surface area contributed by atoms with Gasteiger partial charge >= 0.3 is 5.97 Å². The number of carbonyl (C=O) groups is 1. The van der Waals surface area contributed by atoms with Crippen molar-refractivity contribution in [1.29, 1.82) is 0 Å². The maximum absolute atomic E-state index is 13.5. The molecule has 3 heterocycles. The van der Waals surface area contributed by atoms with Gasteiger partial charge in [-0.05, 0) is 47.4 Å². The minimum atomic E-state index is -1.63. The second-order valence-corrected chi connectivity index (χ2v) is 11.3. The number of fused-ring (bicyclic) bond motifs is 3. The van der Waals surface area contributed by atoms with E-state index in [0.717, 1.165) is 12.8 Å². The van der Waals surface area contributed by atoms with Crippen LogP contribution in [0.5, 0.6) is 28.7 Å². The minimum absolute atomic E-state index is 0.0153. The molecule has 44 heavy (non-hydrogen) atoms. The summed E-state index contributed by atoms with van der Waals surface area (Å²) in [5, 5.41) is 41.2. The number of rotatable bonds is 10. The topological polar surface area (TPSA) is 172 Å². The fourth-order valence-corrected chi connectivity index (χ4v) is 6.55. The van der Waals surface area contributed by atoms with E-state index in [4.69, 9.17) is 37.9 Å². The fourth-order valence-electron chi connectivity index (χ4n) is 6.55. The molecule has 4 N–H and O–H groups in total. The Balaban J connectivity index is 1.46. The summed E-state index contributed by atoms with van der Waals surface area (Å²) in [5.74, 6) is 0.0360. The smallest absolute Gasteiger partial charge is 0.310 e. The predicted octanol–water partition coefficient (Wildman–Crippen LogP) is 1.40. The number of benzene rings is 2. The minimum Gasteiger partial charge on any atom is -0.493 e. The monoisotopic (exact) mass is 618 g/mol. The van der Waals surface area contributed by atoms with Crippen LogP contribution in [0, 0.1) is 11.8 Å². The van der Waals surface area contributed by atoms with Crippen molar-refractivity contribution in [3.63, 3.8) is 0 Å². The Kier molecular flexibility index (Phi) is 8.77. The molecule has 0 bridgehead atoms. The number of aliphatic hydroxyl groups is 4. The highest BCUT2D eigenvalue weighted by Crippen LogP contribution is 2.57. The van der Waals surface area contributed by atoms with Crippen molar-refractivity contribution in [1.82, 2.24) is 0 Å². The zero-order valence-corrected chi connectivity index (χ0v) is 24.7. The van der Waals surface area contributed by atoms with Crippen molar-refractivity contribution in [2.75, 3.05) is 40.8 Å². The first kappa shape index (κ1) is 30.7. The van der Waals surface area contributed by atoms with Crippen molar-refractivity contribution in [3.8, 4) is 28.7 Å². The van der Waals surface area contributed by atoms with Crippen LogP contribution < -0.4 is 23.7 Å². The van der Waals surface area contributed by atoms with Crippen LogP contribution in [-0.2, 0) is 19.0 Å². The molecule has 4 aliphatic rings. The van der Waals surface area contributed by atoms with Gasteiger partial charge < -0.3 is 58.3 Å². The number of ether oxygens (including phenoxy) is 8. The Morgan fingerprint density at radius 1 is 0.909 bits per heavy atom. The number of hydrogen-bond acceptors (Lipinski definition) is 13. The number of carbonyl (C=O) groups excluding carboxylic acids is 1. The highest BCUT2D eigenvalue weighted by Gasteiger charge is 2.55. The third-order valence-corrected chi connectivity index (χ3v) is 8.83. The summed E-state index contributed by atoms with van der Waals surface area (Å²) >= 11 is 0. The number of unbranched alkanes of at least 4 members (excludes halogenated alkanes) is 1. The number of hydrogen-bond donors (Lipinski definition) is 4. The lowest BCUT2D eigenvalue weighted by Gasteiger charge is -2.44. The standard InChI is InChI=1S/C31H38O13/c1-4-5-6-39-29-20(37-2)7-14(8-21(29)38-3)23-15-9-18-19(42-13-41-18)10-16(15)28(17-12-40-30(36)24(17)23)44-31-27(35)26(34)25(33)22(11-32)43-31/h7-10,17,22-28,31-35H,4-6,11-13H2,1-3H3/t17-,22+,23+,24-,25+,26-,27+,28-,31-/m0/s1.